The van der Waals surface area contributed by atoms with Gasteiger partial charge in [-0.1, -0.05) is 19.1 Å². The van der Waals surface area contributed by atoms with Gasteiger partial charge in [0.2, 0.25) is 5.91 Å². The van der Waals surface area contributed by atoms with Gasteiger partial charge in [-0.05, 0) is 30.4 Å². The lowest BCUT2D eigenvalue weighted by atomic mass is 9.83. The molecule has 1 saturated heterocycles. The molecule has 0 bridgehead atoms. The molecule has 0 spiro atoms. The van der Waals surface area contributed by atoms with E-state index in [1.54, 1.807) is 12.1 Å². The third kappa shape index (κ3) is 5.27. The largest absolute Gasteiger partial charge is 0.355 e. The highest BCUT2D eigenvalue weighted by Crippen LogP contribution is 2.24. The van der Waals surface area contributed by atoms with E-state index >= 15 is 0 Å². The molecule has 0 aliphatic carbocycles. The molecule has 1 aromatic carbocycles. The Bertz CT molecular complexity index is 513. The minimum Gasteiger partial charge on any atom is -0.355 e. The molecule has 1 fully saturated rings. The summed E-state index contributed by atoms with van der Waals surface area (Å²) in [5.74, 6) is -0.0457. The number of non-ortho nitro benzene ring substituents is 1. The number of nitro groups is 1. The smallest absolute Gasteiger partial charge is 0.269 e. The molecule has 6 nitrogen and oxygen atoms in total. The summed E-state index contributed by atoms with van der Waals surface area (Å²) < 4.78 is 0. The van der Waals surface area contributed by atoms with Crippen LogP contribution >= 0.6 is 12.4 Å². The Kier molecular flexibility index (Phi) is 6.77. The van der Waals surface area contributed by atoms with Crippen LogP contribution in [-0.4, -0.2) is 30.5 Å². The predicted octanol–water partition coefficient (Wildman–Crippen LogP) is 2.06. The molecule has 1 atom stereocenters. The molecule has 1 aliphatic heterocycles. The molecule has 0 saturated carbocycles. The van der Waals surface area contributed by atoms with Gasteiger partial charge in [0.05, 0.1) is 11.3 Å². The van der Waals surface area contributed by atoms with Gasteiger partial charge < -0.3 is 10.6 Å². The summed E-state index contributed by atoms with van der Waals surface area (Å²) in [5.41, 5.74) is 0.939. The molecule has 1 unspecified atom stereocenters. The van der Waals surface area contributed by atoms with Crippen LogP contribution in [0, 0.1) is 15.5 Å². The van der Waals surface area contributed by atoms with E-state index < -0.39 is 4.92 Å². The number of nitro benzene ring substituents is 1. The first-order valence-electron chi connectivity index (χ1n) is 7.19. The molecule has 0 radical (unpaired) electrons. The van der Waals surface area contributed by atoms with Gasteiger partial charge in [0, 0.05) is 25.2 Å². The Morgan fingerprint density at radius 1 is 1.41 bits per heavy atom. The molecule has 1 aliphatic rings. The summed E-state index contributed by atoms with van der Waals surface area (Å²) in [6.45, 7) is 4.80. The molecule has 1 heterocycles. The number of nitrogens with zero attached hydrogens (tertiary/aromatic N) is 1. The van der Waals surface area contributed by atoms with Crippen LogP contribution in [0.3, 0.4) is 0 Å². The zero-order valence-corrected chi connectivity index (χ0v) is 13.4. The topological polar surface area (TPSA) is 84.3 Å². The van der Waals surface area contributed by atoms with Crippen molar-refractivity contribution < 1.29 is 9.72 Å². The standard InChI is InChI=1S/C15H21N3O3.ClH/c1-15(7-2-8-16-10-15)11-17-14(19)9-12-3-5-13(6-4-12)18(20)21;/h3-6,16H,2,7-11H2,1H3,(H,17,19);1H. The second-order valence-corrected chi connectivity index (χ2v) is 5.97. The highest BCUT2D eigenvalue weighted by Gasteiger charge is 2.26. The third-order valence-electron chi connectivity index (χ3n) is 3.91. The number of amides is 1. The summed E-state index contributed by atoms with van der Waals surface area (Å²) in [7, 11) is 0. The van der Waals surface area contributed by atoms with Gasteiger partial charge >= 0.3 is 0 Å². The van der Waals surface area contributed by atoms with Crippen LogP contribution < -0.4 is 10.6 Å². The molecule has 1 aromatic rings. The highest BCUT2D eigenvalue weighted by atomic mass is 35.5. The number of rotatable bonds is 5. The second kappa shape index (κ2) is 8.10. The van der Waals surface area contributed by atoms with Crippen molar-refractivity contribution in [2.24, 2.45) is 5.41 Å². The van der Waals surface area contributed by atoms with E-state index in [4.69, 9.17) is 0 Å². The molecule has 0 aromatic heterocycles. The lowest BCUT2D eigenvalue weighted by Gasteiger charge is -2.34. The minimum atomic E-state index is -0.444. The average molecular weight is 328 g/mol. The molecule has 2 N–H and O–H groups in total. The van der Waals surface area contributed by atoms with Gasteiger partial charge in [0.25, 0.3) is 5.69 Å². The van der Waals surface area contributed by atoms with Crippen molar-refractivity contribution in [2.75, 3.05) is 19.6 Å². The Morgan fingerprint density at radius 3 is 2.64 bits per heavy atom. The van der Waals surface area contributed by atoms with E-state index in [0.29, 0.717) is 6.54 Å². The van der Waals surface area contributed by atoms with Crippen molar-refractivity contribution in [1.29, 1.82) is 0 Å². The SMILES string of the molecule is CC1(CNC(=O)Cc2ccc([N+](=O)[O-])cc2)CCCNC1.Cl. The number of hydrogen-bond acceptors (Lipinski definition) is 4. The first-order valence-corrected chi connectivity index (χ1v) is 7.19. The first-order chi connectivity index (χ1) is 9.98. The van der Waals surface area contributed by atoms with E-state index in [2.05, 4.69) is 17.6 Å². The monoisotopic (exact) mass is 327 g/mol. The van der Waals surface area contributed by atoms with Gasteiger partial charge in [-0.2, -0.15) is 0 Å². The Labute approximate surface area is 136 Å². The van der Waals surface area contributed by atoms with Crippen LogP contribution in [0.4, 0.5) is 5.69 Å². The van der Waals surface area contributed by atoms with Crippen molar-refractivity contribution in [3.05, 3.63) is 39.9 Å². The van der Waals surface area contributed by atoms with Crippen molar-refractivity contribution >= 4 is 24.0 Å². The molecular weight excluding hydrogens is 306 g/mol. The van der Waals surface area contributed by atoms with Crippen molar-refractivity contribution in [3.8, 4) is 0 Å². The first kappa shape index (κ1) is 18.4. The van der Waals surface area contributed by atoms with Crippen LogP contribution in [-0.2, 0) is 11.2 Å². The minimum absolute atomic E-state index is 0. The summed E-state index contributed by atoms with van der Waals surface area (Å²) in [6, 6.07) is 6.10. The van der Waals surface area contributed by atoms with Gasteiger partial charge in [-0.25, -0.2) is 0 Å². The number of hydrogen-bond donors (Lipinski definition) is 2. The summed E-state index contributed by atoms with van der Waals surface area (Å²) in [4.78, 5) is 22.1. The van der Waals surface area contributed by atoms with Gasteiger partial charge in [-0.3, -0.25) is 14.9 Å². The number of benzene rings is 1. The molecule has 1 amide bonds. The number of carbonyl (C=O) groups excluding carboxylic acids is 1. The van der Waals surface area contributed by atoms with E-state index in [9.17, 15) is 14.9 Å². The highest BCUT2D eigenvalue weighted by molar-refractivity contribution is 5.85. The van der Waals surface area contributed by atoms with Crippen LogP contribution in [0.15, 0.2) is 24.3 Å². The normalized spacial score (nSPS) is 20.8. The Balaban J connectivity index is 0.00000242. The number of nitrogens with one attached hydrogen (secondary N) is 2. The van der Waals surface area contributed by atoms with Gasteiger partial charge in [-0.15, -0.1) is 12.4 Å². The number of piperidine rings is 1. The van der Waals surface area contributed by atoms with Gasteiger partial charge in [0.15, 0.2) is 0 Å². The molecule has 22 heavy (non-hydrogen) atoms. The third-order valence-corrected chi connectivity index (χ3v) is 3.91. The average Bonchev–Trinajstić information content (AvgIpc) is 2.47. The summed E-state index contributed by atoms with van der Waals surface area (Å²) in [6.07, 6.45) is 2.49. The van der Waals surface area contributed by atoms with Crippen molar-refractivity contribution in [2.45, 2.75) is 26.2 Å². The van der Waals surface area contributed by atoms with Crippen LogP contribution in [0.25, 0.3) is 0 Å². The fourth-order valence-electron chi connectivity index (χ4n) is 2.56. The van der Waals surface area contributed by atoms with E-state index in [1.807, 2.05) is 0 Å². The van der Waals surface area contributed by atoms with Gasteiger partial charge in [0.1, 0.15) is 0 Å². The zero-order chi connectivity index (χ0) is 15.3. The quantitative estimate of drug-likeness (QED) is 0.640. The van der Waals surface area contributed by atoms with Crippen LogP contribution in [0.2, 0.25) is 0 Å². The lowest BCUT2D eigenvalue weighted by Crippen LogP contribution is -2.45. The van der Waals surface area contributed by atoms with Crippen molar-refractivity contribution in [3.63, 3.8) is 0 Å². The summed E-state index contributed by atoms with van der Waals surface area (Å²) in [5, 5.41) is 16.9. The molecule has 7 heteroatoms. The lowest BCUT2D eigenvalue weighted by molar-refractivity contribution is -0.384. The Morgan fingerprint density at radius 2 is 2.09 bits per heavy atom. The van der Waals surface area contributed by atoms with Crippen LogP contribution in [0.1, 0.15) is 25.3 Å². The molecule has 2 rings (SSSR count). The molecular formula is C15H22ClN3O3. The van der Waals surface area contributed by atoms with E-state index in [1.165, 1.54) is 12.1 Å². The maximum atomic E-state index is 12.0. The Hall–Kier alpha value is -1.66. The van der Waals surface area contributed by atoms with Crippen molar-refractivity contribution in [1.82, 2.24) is 10.6 Å². The van der Waals surface area contributed by atoms with E-state index in [-0.39, 0.29) is 35.8 Å². The fraction of sp³-hybridized carbons (Fsp3) is 0.533. The zero-order valence-electron chi connectivity index (χ0n) is 12.6. The van der Waals surface area contributed by atoms with Crippen LogP contribution in [0.5, 0.6) is 0 Å². The maximum absolute atomic E-state index is 12.0. The number of halogens is 1. The molecule has 122 valence electrons. The van der Waals surface area contributed by atoms with E-state index in [0.717, 1.165) is 31.5 Å². The summed E-state index contributed by atoms with van der Waals surface area (Å²) >= 11 is 0. The second-order valence-electron chi connectivity index (χ2n) is 5.97. The predicted molar refractivity (Wildman–Crippen MR) is 87.3 cm³/mol. The fourth-order valence-corrected chi connectivity index (χ4v) is 2.56. The maximum Gasteiger partial charge on any atom is 0.269 e. The number of carbonyl (C=O) groups is 1.